The van der Waals surface area contributed by atoms with E-state index in [2.05, 4.69) is 17.6 Å². The van der Waals surface area contributed by atoms with Gasteiger partial charge in [0, 0.05) is 12.5 Å². The van der Waals surface area contributed by atoms with Gasteiger partial charge in [-0.1, -0.05) is 13.3 Å². The van der Waals surface area contributed by atoms with Crippen molar-refractivity contribution < 1.29 is 4.79 Å². The second-order valence-electron chi connectivity index (χ2n) is 5.81. The van der Waals surface area contributed by atoms with Crippen LogP contribution in [0.5, 0.6) is 0 Å². The standard InChI is InChI=1S/C14H26N2O/c1-11-4-2-6-13(11)14(17)16-9-7-12-5-3-8-15-10-12/h11-13,15H,2-10H2,1H3,(H,16,17). The molecule has 1 amide bonds. The van der Waals surface area contributed by atoms with E-state index in [9.17, 15) is 4.79 Å². The van der Waals surface area contributed by atoms with Crippen molar-refractivity contribution in [2.24, 2.45) is 17.8 Å². The van der Waals surface area contributed by atoms with Crippen LogP contribution in [-0.4, -0.2) is 25.5 Å². The maximum absolute atomic E-state index is 12.0. The van der Waals surface area contributed by atoms with Gasteiger partial charge in [-0.3, -0.25) is 4.79 Å². The van der Waals surface area contributed by atoms with Crippen LogP contribution in [0.15, 0.2) is 0 Å². The van der Waals surface area contributed by atoms with Crippen LogP contribution in [0.1, 0.15) is 45.4 Å². The summed E-state index contributed by atoms with van der Waals surface area (Å²) in [5.74, 6) is 1.95. The minimum atomic E-state index is 0.291. The van der Waals surface area contributed by atoms with Crippen LogP contribution in [-0.2, 0) is 4.79 Å². The lowest BCUT2D eigenvalue weighted by molar-refractivity contribution is -0.125. The minimum absolute atomic E-state index is 0.291. The molecule has 1 saturated heterocycles. The number of hydrogen-bond donors (Lipinski definition) is 2. The first kappa shape index (κ1) is 12.9. The van der Waals surface area contributed by atoms with Gasteiger partial charge >= 0.3 is 0 Å². The van der Waals surface area contributed by atoms with Crippen molar-refractivity contribution in [1.29, 1.82) is 0 Å². The summed E-state index contributed by atoms with van der Waals surface area (Å²) in [6.07, 6.45) is 7.30. The van der Waals surface area contributed by atoms with Crippen molar-refractivity contribution in [2.75, 3.05) is 19.6 Å². The summed E-state index contributed by atoms with van der Waals surface area (Å²) in [5, 5.41) is 6.56. The second-order valence-corrected chi connectivity index (χ2v) is 5.81. The highest BCUT2D eigenvalue weighted by Gasteiger charge is 2.29. The van der Waals surface area contributed by atoms with Gasteiger partial charge in [-0.15, -0.1) is 0 Å². The molecular formula is C14H26N2O. The smallest absolute Gasteiger partial charge is 0.223 e. The van der Waals surface area contributed by atoms with Crippen molar-refractivity contribution >= 4 is 5.91 Å². The molecular weight excluding hydrogens is 212 g/mol. The summed E-state index contributed by atoms with van der Waals surface area (Å²) in [5.41, 5.74) is 0. The molecule has 1 aliphatic heterocycles. The van der Waals surface area contributed by atoms with Crippen LogP contribution in [0.25, 0.3) is 0 Å². The molecule has 98 valence electrons. The molecule has 17 heavy (non-hydrogen) atoms. The van der Waals surface area contributed by atoms with E-state index in [4.69, 9.17) is 0 Å². The van der Waals surface area contributed by atoms with Crippen molar-refractivity contribution in [1.82, 2.24) is 10.6 Å². The van der Waals surface area contributed by atoms with Gasteiger partial charge < -0.3 is 10.6 Å². The van der Waals surface area contributed by atoms with Crippen LogP contribution in [0.3, 0.4) is 0 Å². The lowest BCUT2D eigenvalue weighted by Crippen LogP contribution is -2.36. The van der Waals surface area contributed by atoms with E-state index < -0.39 is 0 Å². The first-order valence-electron chi connectivity index (χ1n) is 7.26. The average molecular weight is 238 g/mol. The third-order valence-electron chi connectivity index (χ3n) is 4.45. The van der Waals surface area contributed by atoms with Gasteiger partial charge in [0.1, 0.15) is 0 Å². The summed E-state index contributed by atoms with van der Waals surface area (Å²) < 4.78 is 0. The van der Waals surface area contributed by atoms with E-state index in [0.717, 1.165) is 31.8 Å². The Morgan fingerprint density at radius 1 is 1.29 bits per heavy atom. The summed E-state index contributed by atoms with van der Waals surface area (Å²) in [4.78, 5) is 12.0. The molecule has 0 bridgehead atoms. The van der Waals surface area contributed by atoms with Gasteiger partial charge in [0.25, 0.3) is 0 Å². The number of rotatable bonds is 4. The molecule has 3 unspecified atom stereocenters. The van der Waals surface area contributed by atoms with Crippen LogP contribution >= 0.6 is 0 Å². The zero-order chi connectivity index (χ0) is 12.1. The number of amides is 1. The van der Waals surface area contributed by atoms with E-state index >= 15 is 0 Å². The Morgan fingerprint density at radius 2 is 2.18 bits per heavy atom. The number of piperidine rings is 1. The molecule has 3 nitrogen and oxygen atoms in total. The fourth-order valence-electron chi connectivity index (χ4n) is 3.24. The monoisotopic (exact) mass is 238 g/mol. The largest absolute Gasteiger partial charge is 0.356 e. The first-order valence-corrected chi connectivity index (χ1v) is 7.26. The zero-order valence-corrected chi connectivity index (χ0v) is 11.0. The highest BCUT2D eigenvalue weighted by atomic mass is 16.1. The predicted molar refractivity (Wildman–Crippen MR) is 69.7 cm³/mol. The van der Waals surface area contributed by atoms with Crippen molar-refractivity contribution in [2.45, 2.75) is 45.4 Å². The molecule has 0 aromatic carbocycles. The van der Waals surface area contributed by atoms with Gasteiger partial charge in [-0.05, 0) is 57.0 Å². The van der Waals surface area contributed by atoms with Gasteiger partial charge in [0.2, 0.25) is 5.91 Å². The highest BCUT2D eigenvalue weighted by molar-refractivity contribution is 5.79. The van der Waals surface area contributed by atoms with E-state index in [1.54, 1.807) is 0 Å². The normalized spacial score (nSPS) is 33.6. The maximum atomic E-state index is 12.0. The van der Waals surface area contributed by atoms with Gasteiger partial charge in [0.15, 0.2) is 0 Å². The number of carbonyl (C=O) groups excluding carboxylic acids is 1. The third-order valence-corrected chi connectivity index (χ3v) is 4.45. The first-order chi connectivity index (χ1) is 8.27. The van der Waals surface area contributed by atoms with Gasteiger partial charge in [0.05, 0.1) is 0 Å². The van der Waals surface area contributed by atoms with Crippen molar-refractivity contribution in [3.05, 3.63) is 0 Å². The number of carbonyl (C=O) groups is 1. The highest BCUT2D eigenvalue weighted by Crippen LogP contribution is 2.31. The zero-order valence-electron chi connectivity index (χ0n) is 11.0. The molecule has 1 saturated carbocycles. The van der Waals surface area contributed by atoms with Crippen molar-refractivity contribution in [3.63, 3.8) is 0 Å². The molecule has 1 heterocycles. The lowest BCUT2D eigenvalue weighted by atomic mass is 9.95. The fourth-order valence-corrected chi connectivity index (χ4v) is 3.24. The molecule has 2 aliphatic rings. The Balaban J connectivity index is 1.62. The van der Waals surface area contributed by atoms with Crippen LogP contribution in [0.4, 0.5) is 0 Å². The third kappa shape index (κ3) is 3.70. The Hall–Kier alpha value is -0.570. The quantitative estimate of drug-likeness (QED) is 0.786. The lowest BCUT2D eigenvalue weighted by Gasteiger charge is -2.23. The maximum Gasteiger partial charge on any atom is 0.223 e. The number of hydrogen-bond acceptors (Lipinski definition) is 2. The van der Waals surface area contributed by atoms with E-state index in [1.165, 1.54) is 32.2 Å². The molecule has 0 spiro atoms. The Morgan fingerprint density at radius 3 is 2.82 bits per heavy atom. The Kier molecular flexibility index (Phi) is 4.84. The van der Waals surface area contributed by atoms with Crippen LogP contribution in [0.2, 0.25) is 0 Å². The molecule has 0 aromatic rings. The molecule has 0 radical (unpaired) electrons. The van der Waals surface area contributed by atoms with Crippen molar-refractivity contribution in [3.8, 4) is 0 Å². The minimum Gasteiger partial charge on any atom is -0.356 e. The predicted octanol–water partition coefficient (Wildman–Crippen LogP) is 1.93. The summed E-state index contributed by atoms with van der Waals surface area (Å²) in [6, 6.07) is 0. The fraction of sp³-hybridized carbons (Fsp3) is 0.929. The van der Waals surface area contributed by atoms with Crippen LogP contribution < -0.4 is 10.6 Å². The molecule has 3 heteroatoms. The van der Waals surface area contributed by atoms with Crippen LogP contribution in [0, 0.1) is 17.8 Å². The number of nitrogens with one attached hydrogen (secondary N) is 2. The molecule has 2 fully saturated rings. The molecule has 2 N–H and O–H groups in total. The van der Waals surface area contributed by atoms with Gasteiger partial charge in [-0.25, -0.2) is 0 Å². The summed E-state index contributed by atoms with van der Waals surface area (Å²) in [7, 11) is 0. The SMILES string of the molecule is CC1CCCC1C(=O)NCCC1CCCNC1. The summed E-state index contributed by atoms with van der Waals surface area (Å²) >= 11 is 0. The molecule has 1 aliphatic carbocycles. The molecule has 0 aromatic heterocycles. The second kappa shape index (κ2) is 6.39. The summed E-state index contributed by atoms with van der Waals surface area (Å²) in [6.45, 7) is 5.38. The van der Waals surface area contributed by atoms with E-state index in [1.807, 2.05) is 0 Å². The Bertz CT molecular complexity index is 249. The molecule has 3 atom stereocenters. The van der Waals surface area contributed by atoms with Gasteiger partial charge in [-0.2, -0.15) is 0 Å². The van der Waals surface area contributed by atoms with E-state index in [-0.39, 0.29) is 0 Å². The average Bonchev–Trinajstić information content (AvgIpc) is 2.77. The Labute approximate surface area is 105 Å². The molecule has 2 rings (SSSR count). The van der Waals surface area contributed by atoms with E-state index in [0.29, 0.717) is 17.7 Å². The topological polar surface area (TPSA) is 41.1 Å².